The van der Waals surface area contributed by atoms with Gasteiger partial charge in [-0.05, 0) is 60.9 Å². The quantitative estimate of drug-likeness (QED) is 0.213. The summed E-state index contributed by atoms with van der Waals surface area (Å²) < 4.78 is 29.6. The van der Waals surface area contributed by atoms with Crippen molar-refractivity contribution in [2.45, 2.75) is 30.3 Å². The summed E-state index contributed by atoms with van der Waals surface area (Å²) in [5.74, 6) is -0.479. The molecular weight excluding hydrogens is 567 g/mol. The number of amides is 1. The monoisotopic (exact) mass is 588 g/mol. The van der Waals surface area contributed by atoms with Crippen LogP contribution >= 0.6 is 34.8 Å². The number of para-hydroxylation sites is 1. The fourth-order valence-electron chi connectivity index (χ4n) is 4.61. The molecule has 0 bridgehead atoms. The fourth-order valence-corrected chi connectivity index (χ4v) is 6.86. The molecule has 7 nitrogen and oxygen atoms in total. The van der Waals surface area contributed by atoms with Crippen LogP contribution in [0.4, 0.5) is 0 Å². The number of nitrogens with one attached hydrogen (secondary N) is 1. The summed E-state index contributed by atoms with van der Waals surface area (Å²) in [5, 5.41) is 6.70. The van der Waals surface area contributed by atoms with Gasteiger partial charge in [0.2, 0.25) is 10.0 Å². The Kier molecular flexibility index (Phi) is 7.79. The van der Waals surface area contributed by atoms with E-state index in [4.69, 9.17) is 34.8 Å². The molecule has 0 radical (unpaired) electrons. The van der Waals surface area contributed by atoms with Gasteiger partial charge in [0.1, 0.15) is 6.04 Å². The van der Waals surface area contributed by atoms with Crippen LogP contribution < -0.4 is 5.43 Å². The van der Waals surface area contributed by atoms with E-state index >= 15 is 0 Å². The molecule has 0 aliphatic carbocycles. The van der Waals surface area contributed by atoms with Crippen molar-refractivity contribution < 1.29 is 13.2 Å². The Bertz CT molecular complexity index is 1640. The highest BCUT2D eigenvalue weighted by Crippen LogP contribution is 2.28. The normalized spacial score (nSPS) is 16.4. The zero-order chi connectivity index (χ0) is 26.9. The molecule has 38 heavy (non-hydrogen) atoms. The van der Waals surface area contributed by atoms with E-state index < -0.39 is 22.0 Å². The van der Waals surface area contributed by atoms with Crippen molar-refractivity contribution in [2.24, 2.45) is 5.10 Å². The zero-order valence-electron chi connectivity index (χ0n) is 20.0. The molecule has 1 aliphatic heterocycles. The number of hydrogen-bond acceptors (Lipinski definition) is 4. The minimum atomic E-state index is -3.85. The molecule has 1 aromatic heterocycles. The highest BCUT2D eigenvalue weighted by molar-refractivity contribution is 7.89. The number of rotatable bonds is 7. The highest BCUT2D eigenvalue weighted by Gasteiger charge is 2.39. The lowest BCUT2D eigenvalue weighted by Crippen LogP contribution is -2.44. The molecule has 1 saturated heterocycles. The SMILES string of the molecule is O=C(N/N=C\c1cn(Cc2ccc(Cl)cc2Cl)c2ccccc12)[C@@H]1CCCN1S(=O)(=O)c1ccc(Cl)cc1. The number of benzene rings is 3. The lowest BCUT2D eigenvalue weighted by Gasteiger charge is -2.22. The number of nitrogens with zero attached hydrogens (tertiary/aromatic N) is 3. The van der Waals surface area contributed by atoms with Gasteiger partial charge < -0.3 is 4.57 Å². The average Bonchev–Trinajstić information content (AvgIpc) is 3.52. The summed E-state index contributed by atoms with van der Waals surface area (Å²) in [7, 11) is -3.85. The van der Waals surface area contributed by atoms with Gasteiger partial charge in [0.05, 0.1) is 11.1 Å². The Morgan fingerprint density at radius 3 is 2.53 bits per heavy atom. The molecule has 1 fully saturated rings. The molecule has 0 unspecified atom stereocenters. The van der Waals surface area contributed by atoms with Gasteiger partial charge in [0.15, 0.2) is 0 Å². The Balaban J connectivity index is 1.33. The summed E-state index contributed by atoms with van der Waals surface area (Å²) in [5.41, 5.74) is 5.22. The van der Waals surface area contributed by atoms with Crippen molar-refractivity contribution in [1.82, 2.24) is 14.3 Å². The summed E-state index contributed by atoms with van der Waals surface area (Å²) >= 11 is 18.3. The topological polar surface area (TPSA) is 83.8 Å². The largest absolute Gasteiger partial charge is 0.342 e. The Hall–Kier alpha value is -2.88. The number of hydrazone groups is 1. The molecule has 1 N–H and O–H groups in total. The molecule has 11 heteroatoms. The molecule has 1 amide bonds. The molecule has 5 rings (SSSR count). The average molecular weight is 590 g/mol. The van der Waals surface area contributed by atoms with Crippen molar-refractivity contribution in [2.75, 3.05) is 6.54 Å². The van der Waals surface area contributed by atoms with Crippen LogP contribution in [-0.4, -0.2) is 42.0 Å². The Morgan fingerprint density at radius 1 is 1.03 bits per heavy atom. The van der Waals surface area contributed by atoms with E-state index in [1.54, 1.807) is 18.3 Å². The summed E-state index contributed by atoms with van der Waals surface area (Å²) in [6, 6.07) is 18.3. The summed E-state index contributed by atoms with van der Waals surface area (Å²) in [6.07, 6.45) is 4.48. The second kappa shape index (κ2) is 11.1. The molecule has 196 valence electrons. The van der Waals surface area contributed by atoms with Crippen molar-refractivity contribution in [3.05, 3.63) is 99.1 Å². The lowest BCUT2D eigenvalue weighted by molar-refractivity contribution is -0.124. The van der Waals surface area contributed by atoms with Gasteiger partial charge in [-0.3, -0.25) is 4.79 Å². The van der Waals surface area contributed by atoms with Crippen LogP contribution in [0.15, 0.2) is 82.9 Å². The van der Waals surface area contributed by atoms with Crippen LogP contribution in [0.1, 0.15) is 24.0 Å². The van der Waals surface area contributed by atoms with E-state index in [-0.39, 0.29) is 11.4 Å². The van der Waals surface area contributed by atoms with Crippen LogP contribution in [0, 0.1) is 0 Å². The smallest absolute Gasteiger partial charge is 0.258 e. The standard InChI is InChI=1S/C27H23Cl3N4O3S/c28-20-9-11-22(12-10-20)38(36,37)34-13-3-6-26(34)27(35)32-31-15-19-17-33(25-5-2-1-4-23(19)25)16-18-7-8-21(29)14-24(18)30/h1-2,4-5,7-12,14-15,17,26H,3,6,13,16H2,(H,32,35)/b31-15-/t26-/m0/s1. The number of hydrogen-bond donors (Lipinski definition) is 1. The molecule has 1 atom stereocenters. The first-order chi connectivity index (χ1) is 18.2. The van der Waals surface area contributed by atoms with E-state index in [0.717, 1.165) is 22.0 Å². The van der Waals surface area contributed by atoms with Crippen molar-refractivity contribution >= 4 is 67.9 Å². The number of halogens is 3. The van der Waals surface area contributed by atoms with Crippen molar-refractivity contribution in [1.29, 1.82) is 0 Å². The van der Waals surface area contributed by atoms with E-state index in [0.29, 0.717) is 34.5 Å². The van der Waals surface area contributed by atoms with Crippen molar-refractivity contribution in [3.8, 4) is 0 Å². The zero-order valence-corrected chi connectivity index (χ0v) is 23.1. The second-order valence-electron chi connectivity index (χ2n) is 8.93. The van der Waals surface area contributed by atoms with Gasteiger partial charge in [-0.25, -0.2) is 13.8 Å². The molecular formula is C27H23Cl3N4O3S. The third-order valence-electron chi connectivity index (χ3n) is 6.48. The Labute approximate surface area is 235 Å². The van der Waals surface area contributed by atoms with Gasteiger partial charge in [0, 0.05) is 50.8 Å². The maximum absolute atomic E-state index is 13.1. The van der Waals surface area contributed by atoms with Gasteiger partial charge in [-0.1, -0.05) is 59.1 Å². The number of sulfonamides is 1. The van der Waals surface area contributed by atoms with Gasteiger partial charge in [0.25, 0.3) is 5.91 Å². The first-order valence-corrected chi connectivity index (χ1v) is 14.4. The van der Waals surface area contributed by atoms with Crippen LogP contribution in [0.25, 0.3) is 10.9 Å². The number of carbonyl (C=O) groups is 1. The molecule has 0 saturated carbocycles. The second-order valence-corrected chi connectivity index (χ2v) is 12.1. The molecule has 4 aromatic rings. The van der Waals surface area contributed by atoms with Gasteiger partial charge >= 0.3 is 0 Å². The molecule has 3 aromatic carbocycles. The molecule has 0 spiro atoms. The molecule has 2 heterocycles. The predicted molar refractivity (Wildman–Crippen MR) is 152 cm³/mol. The predicted octanol–water partition coefficient (Wildman–Crippen LogP) is 5.95. The lowest BCUT2D eigenvalue weighted by atomic mass is 10.2. The summed E-state index contributed by atoms with van der Waals surface area (Å²) in [4.78, 5) is 13.1. The van der Waals surface area contributed by atoms with E-state index in [2.05, 4.69) is 10.5 Å². The van der Waals surface area contributed by atoms with Crippen LogP contribution in [0.3, 0.4) is 0 Å². The maximum Gasteiger partial charge on any atom is 0.258 e. The first-order valence-electron chi connectivity index (χ1n) is 11.9. The maximum atomic E-state index is 13.1. The van der Waals surface area contributed by atoms with Crippen molar-refractivity contribution in [3.63, 3.8) is 0 Å². The summed E-state index contributed by atoms with van der Waals surface area (Å²) in [6.45, 7) is 0.782. The van der Waals surface area contributed by atoms with Crippen LogP contribution in [-0.2, 0) is 21.4 Å². The van der Waals surface area contributed by atoms with Crippen LogP contribution in [0.5, 0.6) is 0 Å². The van der Waals surface area contributed by atoms with E-state index in [1.165, 1.54) is 28.6 Å². The minimum absolute atomic E-state index is 0.0960. The highest BCUT2D eigenvalue weighted by atomic mass is 35.5. The number of aromatic nitrogens is 1. The van der Waals surface area contributed by atoms with Gasteiger partial charge in [-0.2, -0.15) is 9.41 Å². The fraction of sp³-hybridized carbons (Fsp3) is 0.185. The third kappa shape index (κ3) is 5.46. The Morgan fingerprint density at radius 2 is 1.76 bits per heavy atom. The van der Waals surface area contributed by atoms with Gasteiger partial charge in [-0.15, -0.1) is 0 Å². The minimum Gasteiger partial charge on any atom is -0.342 e. The third-order valence-corrected chi connectivity index (χ3v) is 9.24. The van der Waals surface area contributed by atoms with E-state index in [1.807, 2.05) is 41.1 Å². The first kappa shape index (κ1) is 26.7. The number of carbonyl (C=O) groups excluding carboxylic acids is 1. The number of fused-ring (bicyclic) bond motifs is 1. The van der Waals surface area contributed by atoms with E-state index in [9.17, 15) is 13.2 Å². The van der Waals surface area contributed by atoms with Crippen LogP contribution in [0.2, 0.25) is 15.1 Å². The molecule has 1 aliphatic rings.